The second kappa shape index (κ2) is 5.08. The Kier molecular flexibility index (Phi) is 4.35. The van der Waals surface area contributed by atoms with Crippen LogP contribution in [-0.2, 0) is 0 Å². The summed E-state index contributed by atoms with van der Waals surface area (Å²) in [6.07, 6.45) is 0. The lowest BCUT2D eigenvalue weighted by molar-refractivity contribution is 0.340. The minimum absolute atomic E-state index is 0.0742. The van der Waals surface area contributed by atoms with Gasteiger partial charge in [-0.25, -0.2) is 4.39 Å². The molecule has 72 valence electrons. The van der Waals surface area contributed by atoms with E-state index in [9.17, 15) is 4.39 Å². The molecular weight excluding hydrogens is 279 g/mol. The van der Waals surface area contributed by atoms with Gasteiger partial charge >= 0.3 is 0 Å². The third kappa shape index (κ3) is 3.04. The van der Waals surface area contributed by atoms with Crippen molar-refractivity contribution in [3.8, 4) is 5.75 Å². The van der Waals surface area contributed by atoms with Gasteiger partial charge in [0.05, 0.1) is 16.1 Å². The highest BCUT2D eigenvalue weighted by Gasteiger charge is 2.07. The van der Waals surface area contributed by atoms with Crippen molar-refractivity contribution in [3.63, 3.8) is 0 Å². The molecule has 1 rings (SSSR count). The smallest absolute Gasteiger partial charge is 0.145 e. The molecule has 0 bridgehead atoms. The van der Waals surface area contributed by atoms with E-state index < -0.39 is 5.82 Å². The van der Waals surface area contributed by atoms with Crippen LogP contribution in [0, 0.1) is 5.82 Å². The normalized spacial score (nSPS) is 10.2. The molecule has 0 heterocycles. The van der Waals surface area contributed by atoms with Gasteiger partial charge in [0.1, 0.15) is 11.6 Å². The summed E-state index contributed by atoms with van der Waals surface area (Å²) in [5.74, 6) is 0.534. The largest absolute Gasteiger partial charge is 0.491 e. The molecule has 0 atom stereocenters. The molecule has 0 aromatic heterocycles. The molecule has 0 fully saturated rings. The van der Waals surface area contributed by atoms with Crippen LogP contribution < -0.4 is 4.74 Å². The maximum Gasteiger partial charge on any atom is 0.145 e. The lowest BCUT2D eigenvalue weighted by atomic mass is 10.3. The van der Waals surface area contributed by atoms with Gasteiger partial charge < -0.3 is 4.74 Å². The highest BCUT2D eigenvalue weighted by Crippen LogP contribution is 2.30. The van der Waals surface area contributed by atoms with Crippen molar-refractivity contribution < 1.29 is 9.13 Å². The Morgan fingerprint density at radius 2 is 2.23 bits per heavy atom. The molecule has 0 saturated carbocycles. The molecule has 0 amide bonds. The average molecular weight is 286 g/mol. The van der Waals surface area contributed by atoms with Crippen molar-refractivity contribution >= 4 is 40.2 Å². The third-order valence-corrected chi connectivity index (χ3v) is 2.42. The van der Waals surface area contributed by atoms with Gasteiger partial charge in [0.15, 0.2) is 0 Å². The van der Waals surface area contributed by atoms with Gasteiger partial charge in [0.2, 0.25) is 0 Å². The van der Waals surface area contributed by atoms with Crippen molar-refractivity contribution in [2.75, 3.05) is 12.4 Å². The van der Waals surface area contributed by atoms with Crippen LogP contribution in [0.15, 0.2) is 16.6 Å². The molecule has 0 radical (unpaired) electrons. The van der Waals surface area contributed by atoms with Crippen LogP contribution in [0.25, 0.3) is 0 Å². The Labute approximate surface area is 94.8 Å². The zero-order valence-electron chi connectivity index (χ0n) is 6.56. The summed E-state index contributed by atoms with van der Waals surface area (Å²) in [6.45, 7) is 0.433. The quantitative estimate of drug-likeness (QED) is 0.660. The predicted octanol–water partition coefficient (Wildman–Crippen LogP) is 3.55. The van der Waals surface area contributed by atoms with Crippen LogP contribution in [0.2, 0.25) is 5.02 Å². The first-order valence-corrected chi connectivity index (χ1v) is 5.33. The summed E-state index contributed by atoms with van der Waals surface area (Å²) in [7, 11) is 0. The van der Waals surface area contributed by atoms with E-state index in [2.05, 4.69) is 28.6 Å². The van der Waals surface area contributed by atoms with Crippen molar-refractivity contribution in [2.45, 2.75) is 0 Å². The zero-order chi connectivity index (χ0) is 9.84. The third-order valence-electron chi connectivity index (χ3n) is 1.32. The summed E-state index contributed by atoms with van der Waals surface area (Å²) < 4.78 is 18.8. The van der Waals surface area contributed by atoms with Crippen LogP contribution in [0.3, 0.4) is 0 Å². The molecule has 0 aliphatic rings. The van der Waals surface area contributed by atoms with E-state index in [1.54, 1.807) is 0 Å². The Morgan fingerprint density at radius 1 is 1.54 bits per heavy atom. The number of hydrogen-bond acceptors (Lipinski definition) is 2. The highest BCUT2D eigenvalue weighted by atomic mass is 79.9. The van der Waals surface area contributed by atoms with Gasteiger partial charge in [-0.05, 0) is 22.0 Å². The lowest BCUT2D eigenvalue weighted by Crippen LogP contribution is -1.99. The molecular formula is C8H7BrClFOS. The van der Waals surface area contributed by atoms with E-state index in [4.69, 9.17) is 16.3 Å². The molecule has 5 heteroatoms. The minimum atomic E-state index is -0.487. The fourth-order valence-corrected chi connectivity index (χ4v) is 1.62. The SMILES string of the molecule is Fc1cc(OCCS)c(Br)cc1Cl. The van der Waals surface area contributed by atoms with E-state index in [-0.39, 0.29) is 5.02 Å². The maximum absolute atomic E-state index is 12.9. The summed E-state index contributed by atoms with van der Waals surface area (Å²) in [4.78, 5) is 0. The summed E-state index contributed by atoms with van der Waals surface area (Å²) >= 11 is 12.7. The van der Waals surface area contributed by atoms with E-state index in [1.807, 2.05) is 0 Å². The molecule has 0 aliphatic carbocycles. The Balaban J connectivity index is 2.88. The molecule has 1 aromatic carbocycles. The molecule has 0 unspecified atom stereocenters. The summed E-state index contributed by atoms with van der Waals surface area (Å²) in [5, 5.41) is 0.0742. The highest BCUT2D eigenvalue weighted by molar-refractivity contribution is 9.10. The molecule has 1 nitrogen and oxygen atoms in total. The molecule has 0 spiro atoms. The van der Waals surface area contributed by atoms with Crippen LogP contribution in [0.1, 0.15) is 0 Å². The fourth-order valence-electron chi connectivity index (χ4n) is 0.771. The summed E-state index contributed by atoms with van der Waals surface area (Å²) in [6, 6.07) is 2.71. The number of hydrogen-bond donors (Lipinski definition) is 1. The van der Waals surface area contributed by atoms with Gasteiger partial charge in [-0.2, -0.15) is 12.6 Å². The maximum atomic E-state index is 12.9. The van der Waals surface area contributed by atoms with Crippen molar-refractivity contribution in [1.82, 2.24) is 0 Å². The fraction of sp³-hybridized carbons (Fsp3) is 0.250. The molecule has 0 saturated heterocycles. The van der Waals surface area contributed by atoms with E-state index in [1.165, 1.54) is 12.1 Å². The number of thiol groups is 1. The monoisotopic (exact) mass is 284 g/mol. The van der Waals surface area contributed by atoms with Crippen LogP contribution in [-0.4, -0.2) is 12.4 Å². The Hall–Kier alpha value is 0.0700. The standard InChI is InChI=1S/C8H7BrClFOS/c9-5-3-6(10)7(11)4-8(5)12-1-2-13/h3-4,13H,1-2H2. The van der Waals surface area contributed by atoms with Gasteiger partial charge in [0.25, 0.3) is 0 Å². The second-order valence-corrected chi connectivity index (χ2v) is 3.98. The predicted molar refractivity (Wildman–Crippen MR) is 58.5 cm³/mol. The first-order valence-electron chi connectivity index (χ1n) is 3.53. The Morgan fingerprint density at radius 3 is 2.85 bits per heavy atom. The van der Waals surface area contributed by atoms with Gasteiger partial charge in [-0.3, -0.25) is 0 Å². The molecule has 0 aliphatic heterocycles. The minimum Gasteiger partial charge on any atom is -0.491 e. The first-order chi connectivity index (χ1) is 6.15. The van der Waals surface area contributed by atoms with Crippen LogP contribution in [0.4, 0.5) is 4.39 Å². The van der Waals surface area contributed by atoms with Crippen molar-refractivity contribution in [3.05, 3.63) is 27.4 Å². The second-order valence-electron chi connectivity index (χ2n) is 2.27. The number of rotatable bonds is 3. The Bertz CT molecular complexity index is 308. The summed E-state index contributed by atoms with van der Waals surface area (Å²) in [5.41, 5.74) is 0. The molecule has 1 aromatic rings. The topological polar surface area (TPSA) is 9.23 Å². The first kappa shape index (κ1) is 11.1. The lowest BCUT2D eigenvalue weighted by Gasteiger charge is -2.07. The van der Waals surface area contributed by atoms with E-state index >= 15 is 0 Å². The van der Waals surface area contributed by atoms with E-state index in [0.717, 1.165) is 0 Å². The molecule has 13 heavy (non-hydrogen) atoms. The van der Waals surface area contributed by atoms with Gasteiger partial charge in [-0.1, -0.05) is 11.6 Å². The van der Waals surface area contributed by atoms with Crippen molar-refractivity contribution in [2.24, 2.45) is 0 Å². The van der Waals surface area contributed by atoms with Crippen molar-refractivity contribution in [1.29, 1.82) is 0 Å². The average Bonchev–Trinajstić information content (AvgIpc) is 2.09. The van der Waals surface area contributed by atoms with E-state index in [0.29, 0.717) is 22.6 Å². The number of halogens is 3. The van der Waals surface area contributed by atoms with Crippen LogP contribution >= 0.6 is 40.2 Å². The zero-order valence-corrected chi connectivity index (χ0v) is 9.79. The van der Waals surface area contributed by atoms with Gasteiger partial charge in [0, 0.05) is 11.8 Å². The van der Waals surface area contributed by atoms with Gasteiger partial charge in [-0.15, -0.1) is 0 Å². The number of ether oxygens (including phenoxy) is 1. The number of benzene rings is 1. The van der Waals surface area contributed by atoms with Crippen LogP contribution in [0.5, 0.6) is 5.75 Å². The molecule has 0 N–H and O–H groups in total.